The highest BCUT2D eigenvalue weighted by atomic mass is 16.5. The highest BCUT2D eigenvalue weighted by Gasteiger charge is 2.39. The quantitative estimate of drug-likeness (QED) is 0.855. The van der Waals surface area contributed by atoms with Crippen molar-refractivity contribution in [2.24, 2.45) is 0 Å². The van der Waals surface area contributed by atoms with Gasteiger partial charge in [0.1, 0.15) is 17.5 Å². The number of carbonyl (C=O) groups is 2. The van der Waals surface area contributed by atoms with E-state index in [4.69, 9.17) is 9.47 Å². The van der Waals surface area contributed by atoms with E-state index in [9.17, 15) is 9.59 Å². The van der Waals surface area contributed by atoms with Gasteiger partial charge in [0.15, 0.2) is 0 Å². The lowest BCUT2D eigenvalue weighted by molar-refractivity contribution is -0.121. The highest BCUT2D eigenvalue weighted by Crippen LogP contribution is 2.29. The Balaban J connectivity index is 1.80. The Hall–Kier alpha value is -3.02. The fourth-order valence-electron chi connectivity index (χ4n) is 2.70. The molecule has 3 rings (SSSR count). The van der Waals surface area contributed by atoms with E-state index >= 15 is 0 Å². The number of imide groups is 1. The molecule has 1 heterocycles. The Bertz CT molecular complexity index is 758. The van der Waals surface area contributed by atoms with Gasteiger partial charge in [-0.2, -0.15) is 0 Å². The van der Waals surface area contributed by atoms with Crippen LogP contribution in [0, 0.1) is 0 Å². The zero-order valence-corrected chi connectivity index (χ0v) is 13.5. The summed E-state index contributed by atoms with van der Waals surface area (Å²) < 4.78 is 10.4. The Morgan fingerprint density at radius 1 is 1.00 bits per heavy atom. The highest BCUT2D eigenvalue weighted by molar-refractivity contribution is 6.23. The first-order valence-electron chi connectivity index (χ1n) is 7.54. The Morgan fingerprint density at radius 3 is 2.38 bits per heavy atom. The minimum absolute atomic E-state index is 0.100. The summed E-state index contributed by atoms with van der Waals surface area (Å²) in [4.78, 5) is 26.1. The van der Waals surface area contributed by atoms with Gasteiger partial charge >= 0.3 is 0 Å². The van der Waals surface area contributed by atoms with E-state index in [1.807, 2.05) is 18.2 Å². The molecule has 0 unspecified atom stereocenters. The van der Waals surface area contributed by atoms with Gasteiger partial charge < -0.3 is 14.8 Å². The lowest BCUT2D eigenvalue weighted by Gasteiger charge is -2.17. The van der Waals surface area contributed by atoms with E-state index in [1.54, 1.807) is 44.6 Å². The molecule has 0 radical (unpaired) electrons. The van der Waals surface area contributed by atoms with Crippen LogP contribution < -0.4 is 19.7 Å². The van der Waals surface area contributed by atoms with Crippen LogP contribution in [0.5, 0.6) is 11.5 Å². The number of hydrogen-bond donors (Lipinski definition) is 1. The Morgan fingerprint density at radius 2 is 1.71 bits per heavy atom. The smallest absolute Gasteiger partial charge is 0.256 e. The van der Waals surface area contributed by atoms with Gasteiger partial charge in [0.05, 0.1) is 32.0 Å². The lowest BCUT2D eigenvalue weighted by Crippen LogP contribution is -2.34. The monoisotopic (exact) mass is 326 g/mol. The number of para-hydroxylation sites is 2. The molecule has 1 N–H and O–H groups in total. The van der Waals surface area contributed by atoms with E-state index in [0.29, 0.717) is 22.9 Å². The standard InChI is InChI=1S/C18H18N2O4/c1-23-13-9-7-12(8-10-13)20-17(21)11-15(18(20)22)19-14-5-3-4-6-16(14)24-2/h3-10,15,19H,11H2,1-2H3/t15-/m0/s1. The van der Waals surface area contributed by atoms with Crippen LogP contribution >= 0.6 is 0 Å². The van der Waals surface area contributed by atoms with Gasteiger partial charge in [-0.15, -0.1) is 0 Å². The molecular formula is C18H18N2O4. The Labute approximate surface area is 140 Å². The number of methoxy groups -OCH3 is 2. The van der Waals surface area contributed by atoms with Gasteiger partial charge in [0.25, 0.3) is 5.91 Å². The van der Waals surface area contributed by atoms with Crippen molar-refractivity contribution in [3.63, 3.8) is 0 Å². The molecule has 0 aliphatic carbocycles. The number of hydrogen-bond acceptors (Lipinski definition) is 5. The van der Waals surface area contributed by atoms with Crippen molar-refractivity contribution in [1.82, 2.24) is 0 Å². The van der Waals surface area contributed by atoms with Crippen LogP contribution in [0.3, 0.4) is 0 Å². The van der Waals surface area contributed by atoms with Gasteiger partial charge in [0, 0.05) is 0 Å². The maximum Gasteiger partial charge on any atom is 0.256 e. The van der Waals surface area contributed by atoms with Crippen LogP contribution in [-0.4, -0.2) is 32.1 Å². The summed E-state index contributed by atoms with van der Waals surface area (Å²) >= 11 is 0. The van der Waals surface area contributed by atoms with Crippen molar-refractivity contribution in [2.45, 2.75) is 12.5 Å². The molecule has 1 fully saturated rings. The zero-order valence-electron chi connectivity index (χ0n) is 13.5. The van der Waals surface area contributed by atoms with Gasteiger partial charge in [-0.25, -0.2) is 4.90 Å². The summed E-state index contributed by atoms with van der Waals surface area (Å²) in [5, 5.41) is 3.10. The van der Waals surface area contributed by atoms with Gasteiger partial charge in [0.2, 0.25) is 5.91 Å². The molecule has 1 atom stereocenters. The molecule has 6 heteroatoms. The predicted octanol–water partition coefficient (Wildman–Crippen LogP) is 2.45. The number of anilines is 2. The number of amides is 2. The van der Waals surface area contributed by atoms with Crippen molar-refractivity contribution in [1.29, 1.82) is 0 Å². The topological polar surface area (TPSA) is 67.9 Å². The molecule has 24 heavy (non-hydrogen) atoms. The van der Waals surface area contributed by atoms with Crippen molar-refractivity contribution < 1.29 is 19.1 Å². The third-order valence-corrected chi connectivity index (χ3v) is 3.91. The summed E-state index contributed by atoms with van der Waals surface area (Å²) in [5.74, 6) is 0.774. The van der Waals surface area contributed by atoms with Crippen molar-refractivity contribution in [2.75, 3.05) is 24.4 Å². The number of benzene rings is 2. The maximum atomic E-state index is 12.6. The number of nitrogens with one attached hydrogen (secondary N) is 1. The largest absolute Gasteiger partial charge is 0.497 e. The molecule has 0 aromatic heterocycles. The molecular weight excluding hydrogens is 308 g/mol. The second-order valence-electron chi connectivity index (χ2n) is 5.37. The molecule has 6 nitrogen and oxygen atoms in total. The number of carbonyl (C=O) groups excluding carboxylic acids is 2. The average molecular weight is 326 g/mol. The maximum absolute atomic E-state index is 12.6. The van der Waals surface area contributed by atoms with E-state index < -0.39 is 6.04 Å². The minimum Gasteiger partial charge on any atom is -0.497 e. The first-order valence-corrected chi connectivity index (χ1v) is 7.54. The van der Waals surface area contributed by atoms with Gasteiger partial charge in [-0.05, 0) is 36.4 Å². The average Bonchev–Trinajstić information content (AvgIpc) is 2.89. The van der Waals surface area contributed by atoms with Crippen LogP contribution in [-0.2, 0) is 9.59 Å². The van der Waals surface area contributed by atoms with E-state index in [1.165, 1.54) is 4.90 Å². The van der Waals surface area contributed by atoms with Crippen LogP contribution in [0.2, 0.25) is 0 Å². The molecule has 0 bridgehead atoms. The molecule has 2 amide bonds. The molecule has 1 aliphatic rings. The fourth-order valence-corrected chi connectivity index (χ4v) is 2.70. The van der Waals surface area contributed by atoms with E-state index in [-0.39, 0.29) is 18.2 Å². The first kappa shape index (κ1) is 15.9. The minimum atomic E-state index is -0.615. The van der Waals surface area contributed by atoms with Crippen molar-refractivity contribution >= 4 is 23.2 Å². The van der Waals surface area contributed by atoms with Crippen molar-refractivity contribution in [3.8, 4) is 11.5 Å². The lowest BCUT2D eigenvalue weighted by atomic mass is 10.2. The summed E-state index contributed by atoms with van der Waals surface area (Å²) in [6, 6.07) is 13.5. The molecule has 124 valence electrons. The number of nitrogens with zero attached hydrogens (tertiary/aromatic N) is 1. The SMILES string of the molecule is COc1ccc(N2C(=O)C[C@H](Nc3ccccc3OC)C2=O)cc1. The molecule has 1 aliphatic heterocycles. The van der Waals surface area contributed by atoms with Gasteiger partial charge in [-0.1, -0.05) is 12.1 Å². The first-order chi connectivity index (χ1) is 11.6. The molecule has 2 aromatic rings. The summed E-state index contributed by atoms with van der Waals surface area (Å²) in [6.07, 6.45) is 0.100. The summed E-state index contributed by atoms with van der Waals surface area (Å²) in [7, 11) is 3.13. The van der Waals surface area contributed by atoms with Crippen LogP contribution in [0.4, 0.5) is 11.4 Å². The molecule has 0 spiro atoms. The predicted molar refractivity (Wildman–Crippen MR) is 90.5 cm³/mol. The molecule has 0 saturated carbocycles. The van der Waals surface area contributed by atoms with Gasteiger partial charge in [-0.3, -0.25) is 9.59 Å². The number of rotatable bonds is 5. The fraction of sp³-hybridized carbons (Fsp3) is 0.222. The van der Waals surface area contributed by atoms with Crippen LogP contribution in [0.15, 0.2) is 48.5 Å². The third kappa shape index (κ3) is 2.90. The second-order valence-corrected chi connectivity index (χ2v) is 5.37. The van der Waals surface area contributed by atoms with E-state index in [0.717, 1.165) is 0 Å². The summed E-state index contributed by atoms with van der Waals surface area (Å²) in [5.41, 5.74) is 1.22. The zero-order chi connectivity index (χ0) is 17.1. The van der Waals surface area contributed by atoms with Crippen molar-refractivity contribution in [3.05, 3.63) is 48.5 Å². The van der Waals surface area contributed by atoms with Crippen LogP contribution in [0.25, 0.3) is 0 Å². The van der Waals surface area contributed by atoms with E-state index in [2.05, 4.69) is 5.32 Å². The molecule has 1 saturated heterocycles. The van der Waals surface area contributed by atoms with Crippen LogP contribution in [0.1, 0.15) is 6.42 Å². The number of ether oxygens (including phenoxy) is 2. The Kier molecular flexibility index (Phi) is 4.37. The second kappa shape index (κ2) is 6.62. The normalized spacial score (nSPS) is 17.1. The third-order valence-electron chi connectivity index (χ3n) is 3.91. The molecule has 2 aromatic carbocycles. The summed E-state index contributed by atoms with van der Waals surface area (Å²) in [6.45, 7) is 0.